The van der Waals surface area contributed by atoms with E-state index in [-0.39, 0.29) is 30.1 Å². The van der Waals surface area contributed by atoms with Crippen molar-refractivity contribution in [2.75, 3.05) is 6.61 Å². The molecular formula is C15H17N3O3. The molecule has 0 fully saturated rings. The van der Waals surface area contributed by atoms with Crippen LogP contribution < -0.4 is 5.32 Å². The Morgan fingerprint density at radius 2 is 2.19 bits per heavy atom. The SMILES string of the molecule is CCOC(=O)C1C(C)NC(O)=C(C#N)C1c1ccncc1. The van der Waals surface area contributed by atoms with E-state index in [1.165, 1.54) is 0 Å². The topological polar surface area (TPSA) is 95.2 Å². The predicted octanol–water partition coefficient (Wildman–Crippen LogP) is 1.63. The molecule has 2 heterocycles. The molecular weight excluding hydrogens is 270 g/mol. The number of pyridine rings is 1. The first-order valence-corrected chi connectivity index (χ1v) is 6.76. The van der Waals surface area contributed by atoms with Gasteiger partial charge in [0.2, 0.25) is 0 Å². The van der Waals surface area contributed by atoms with Crippen LogP contribution >= 0.6 is 0 Å². The van der Waals surface area contributed by atoms with Gasteiger partial charge >= 0.3 is 5.97 Å². The minimum Gasteiger partial charge on any atom is -0.494 e. The standard InChI is InChI=1S/C15H17N3O3/c1-3-21-15(20)12-9(2)18-14(19)11(8-16)13(12)10-4-6-17-7-5-10/h4-7,9,12-13,18-19H,3H2,1-2H3. The predicted molar refractivity (Wildman–Crippen MR) is 75.0 cm³/mol. The van der Waals surface area contributed by atoms with E-state index in [2.05, 4.69) is 10.3 Å². The molecule has 3 unspecified atom stereocenters. The molecule has 0 radical (unpaired) electrons. The van der Waals surface area contributed by atoms with Gasteiger partial charge in [-0.15, -0.1) is 0 Å². The zero-order valence-corrected chi connectivity index (χ0v) is 11.9. The number of aromatic nitrogens is 1. The van der Waals surface area contributed by atoms with Gasteiger partial charge in [-0.05, 0) is 31.5 Å². The first-order valence-electron chi connectivity index (χ1n) is 6.76. The molecule has 0 aromatic carbocycles. The van der Waals surface area contributed by atoms with E-state index in [0.717, 1.165) is 5.56 Å². The van der Waals surface area contributed by atoms with Crippen molar-refractivity contribution in [1.82, 2.24) is 10.3 Å². The third-order valence-corrected chi connectivity index (χ3v) is 3.57. The van der Waals surface area contributed by atoms with E-state index < -0.39 is 11.8 Å². The number of rotatable bonds is 3. The van der Waals surface area contributed by atoms with Crippen molar-refractivity contribution in [3.05, 3.63) is 41.5 Å². The molecule has 6 nitrogen and oxygen atoms in total. The van der Waals surface area contributed by atoms with Gasteiger partial charge in [0.1, 0.15) is 6.07 Å². The van der Waals surface area contributed by atoms with E-state index >= 15 is 0 Å². The third kappa shape index (κ3) is 2.82. The van der Waals surface area contributed by atoms with Gasteiger partial charge in [-0.1, -0.05) is 0 Å². The molecule has 1 aliphatic heterocycles. The summed E-state index contributed by atoms with van der Waals surface area (Å²) in [6.07, 6.45) is 3.19. The van der Waals surface area contributed by atoms with Gasteiger partial charge in [-0.3, -0.25) is 9.78 Å². The Bertz CT molecular complexity index is 592. The molecule has 0 saturated heterocycles. The fourth-order valence-corrected chi connectivity index (χ4v) is 2.64. The van der Waals surface area contributed by atoms with Crippen LogP contribution in [0.4, 0.5) is 0 Å². The number of nitriles is 1. The monoisotopic (exact) mass is 287 g/mol. The fraction of sp³-hybridized carbons (Fsp3) is 0.400. The molecule has 3 atom stereocenters. The van der Waals surface area contributed by atoms with Gasteiger partial charge in [-0.25, -0.2) is 0 Å². The molecule has 21 heavy (non-hydrogen) atoms. The van der Waals surface area contributed by atoms with Crippen molar-refractivity contribution >= 4 is 5.97 Å². The normalized spacial score (nSPS) is 24.9. The first kappa shape index (κ1) is 14.9. The van der Waals surface area contributed by atoms with Crippen molar-refractivity contribution in [3.63, 3.8) is 0 Å². The van der Waals surface area contributed by atoms with Gasteiger partial charge in [0.25, 0.3) is 0 Å². The van der Waals surface area contributed by atoms with Crippen LogP contribution in [0, 0.1) is 17.2 Å². The smallest absolute Gasteiger partial charge is 0.312 e. The molecule has 2 N–H and O–H groups in total. The van der Waals surface area contributed by atoms with Crippen LogP contribution in [0.3, 0.4) is 0 Å². The lowest BCUT2D eigenvalue weighted by Gasteiger charge is -2.35. The highest BCUT2D eigenvalue weighted by atomic mass is 16.5. The molecule has 2 rings (SSSR count). The summed E-state index contributed by atoms with van der Waals surface area (Å²) in [6, 6.07) is 5.11. The number of carbonyl (C=O) groups is 1. The van der Waals surface area contributed by atoms with Crippen molar-refractivity contribution < 1.29 is 14.6 Å². The molecule has 0 spiro atoms. The summed E-state index contributed by atoms with van der Waals surface area (Å²) in [5.74, 6) is -1.71. The van der Waals surface area contributed by atoms with E-state index in [1.807, 2.05) is 6.07 Å². The molecule has 110 valence electrons. The summed E-state index contributed by atoms with van der Waals surface area (Å²) in [7, 11) is 0. The van der Waals surface area contributed by atoms with Gasteiger partial charge in [0, 0.05) is 24.4 Å². The summed E-state index contributed by atoms with van der Waals surface area (Å²) >= 11 is 0. The minimum atomic E-state index is -0.585. The lowest BCUT2D eigenvalue weighted by Crippen LogP contribution is -2.46. The molecule has 0 bridgehead atoms. The average Bonchev–Trinajstić information content (AvgIpc) is 2.47. The Morgan fingerprint density at radius 3 is 2.76 bits per heavy atom. The summed E-state index contributed by atoms with van der Waals surface area (Å²) in [6.45, 7) is 3.78. The van der Waals surface area contributed by atoms with Gasteiger partial charge < -0.3 is 15.2 Å². The number of esters is 1. The Balaban J connectivity index is 2.52. The van der Waals surface area contributed by atoms with Crippen molar-refractivity contribution in [3.8, 4) is 6.07 Å². The van der Waals surface area contributed by atoms with Gasteiger partial charge in [0.15, 0.2) is 5.88 Å². The van der Waals surface area contributed by atoms with E-state index in [1.54, 1.807) is 38.4 Å². The first-order chi connectivity index (χ1) is 10.1. The third-order valence-electron chi connectivity index (χ3n) is 3.57. The van der Waals surface area contributed by atoms with Crippen LogP contribution in [-0.4, -0.2) is 28.7 Å². The molecule has 0 amide bonds. The van der Waals surface area contributed by atoms with E-state index in [9.17, 15) is 15.2 Å². The second-order valence-corrected chi connectivity index (χ2v) is 4.84. The second-order valence-electron chi connectivity index (χ2n) is 4.84. The number of nitrogens with zero attached hydrogens (tertiary/aromatic N) is 2. The van der Waals surface area contributed by atoms with Crippen LogP contribution in [0.25, 0.3) is 0 Å². The molecule has 1 aromatic heterocycles. The lowest BCUT2D eigenvalue weighted by molar-refractivity contribution is -0.149. The summed E-state index contributed by atoms with van der Waals surface area (Å²) < 4.78 is 5.12. The number of nitrogens with one attached hydrogen (secondary N) is 1. The van der Waals surface area contributed by atoms with Crippen LogP contribution in [0.15, 0.2) is 36.0 Å². The second kappa shape index (κ2) is 6.27. The quantitative estimate of drug-likeness (QED) is 0.820. The Labute approximate surface area is 123 Å². The maximum atomic E-state index is 12.3. The molecule has 0 aliphatic carbocycles. The highest BCUT2D eigenvalue weighted by Crippen LogP contribution is 2.38. The van der Waals surface area contributed by atoms with Crippen LogP contribution in [0.1, 0.15) is 25.3 Å². The molecule has 0 saturated carbocycles. The number of aliphatic hydroxyl groups excluding tert-OH is 1. The fourth-order valence-electron chi connectivity index (χ4n) is 2.64. The van der Waals surface area contributed by atoms with Crippen molar-refractivity contribution in [2.45, 2.75) is 25.8 Å². The maximum absolute atomic E-state index is 12.3. The van der Waals surface area contributed by atoms with Crippen LogP contribution in [-0.2, 0) is 9.53 Å². The Kier molecular flexibility index (Phi) is 4.43. The number of allylic oxidation sites excluding steroid dienone is 1. The average molecular weight is 287 g/mol. The number of aliphatic hydroxyl groups is 1. The molecule has 1 aliphatic rings. The highest BCUT2D eigenvalue weighted by molar-refractivity contribution is 5.76. The minimum absolute atomic E-state index is 0.136. The number of ether oxygens (including phenoxy) is 1. The summed E-state index contributed by atoms with van der Waals surface area (Å²) in [4.78, 5) is 16.2. The number of hydrogen-bond acceptors (Lipinski definition) is 6. The van der Waals surface area contributed by atoms with Gasteiger partial charge in [-0.2, -0.15) is 5.26 Å². The van der Waals surface area contributed by atoms with Crippen LogP contribution in [0.5, 0.6) is 0 Å². The Hall–Kier alpha value is -2.55. The van der Waals surface area contributed by atoms with E-state index in [0.29, 0.717) is 0 Å². The molecule has 1 aromatic rings. The zero-order chi connectivity index (χ0) is 15.4. The molecule has 6 heteroatoms. The van der Waals surface area contributed by atoms with E-state index in [4.69, 9.17) is 4.74 Å². The van der Waals surface area contributed by atoms with Crippen molar-refractivity contribution in [2.24, 2.45) is 5.92 Å². The summed E-state index contributed by atoms with van der Waals surface area (Å²) in [5.41, 5.74) is 0.886. The summed E-state index contributed by atoms with van der Waals surface area (Å²) in [5, 5.41) is 22.1. The number of hydrogen-bond donors (Lipinski definition) is 2. The Morgan fingerprint density at radius 1 is 1.52 bits per heavy atom. The van der Waals surface area contributed by atoms with Crippen LogP contribution in [0.2, 0.25) is 0 Å². The largest absolute Gasteiger partial charge is 0.494 e. The highest BCUT2D eigenvalue weighted by Gasteiger charge is 2.42. The maximum Gasteiger partial charge on any atom is 0.312 e. The van der Waals surface area contributed by atoms with Crippen molar-refractivity contribution in [1.29, 1.82) is 5.26 Å². The zero-order valence-electron chi connectivity index (χ0n) is 11.9. The number of carbonyl (C=O) groups excluding carboxylic acids is 1. The lowest BCUT2D eigenvalue weighted by atomic mass is 9.75. The van der Waals surface area contributed by atoms with Gasteiger partial charge in [0.05, 0.1) is 18.1 Å².